The van der Waals surface area contributed by atoms with Crippen molar-refractivity contribution in [2.24, 2.45) is 17.6 Å². The van der Waals surface area contributed by atoms with Crippen LogP contribution in [0.15, 0.2) is 0 Å². The normalized spacial score (nSPS) is 25.8. The lowest BCUT2D eigenvalue weighted by Gasteiger charge is -2.31. The van der Waals surface area contributed by atoms with Gasteiger partial charge in [0.2, 0.25) is 5.91 Å². The van der Waals surface area contributed by atoms with Gasteiger partial charge in [0.1, 0.15) is 0 Å². The molecule has 0 aromatic heterocycles. The number of carbonyl (C=O) groups excluding carboxylic acids is 1. The first-order chi connectivity index (χ1) is 7.56. The highest BCUT2D eigenvalue weighted by molar-refractivity contribution is 5.80. The van der Waals surface area contributed by atoms with Crippen molar-refractivity contribution in [2.45, 2.75) is 58.4 Å². The van der Waals surface area contributed by atoms with Gasteiger partial charge in [-0.3, -0.25) is 4.79 Å². The van der Waals surface area contributed by atoms with Gasteiger partial charge in [-0.2, -0.15) is 0 Å². The Morgan fingerprint density at radius 1 is 1.38 bits per heavy atom. The molecule has 1 amide bonds. The second kappa shape index (κ2) is 5.67. The van der Waals surface area contributed by atoms with Crippen LogP contribution < -0.4 is 11.1 Å². The van der Waals surface area contributed by atoms with Crippen LogP contribution in [-0.4, -0.2) is 18.0 Å². The summed E-state index contributed by atoms with van der Waals surface area (Å²) in [5.74, 6) is 0.777. The number of carbonyl (C=O) groups is 1. The predicted octanol–water partition coefficient (Wildman–Crippen LogP) is 2.06. The Bertz CT molecular complexity index is 236. The van der Waals surface area contributed by atoms with Gasteiger partial charge < -0.3 is 11.1 Å². The molecule has 1 aliphatic carbocycles. The molecule has 94 valence electrons. The SMILES string of the molecule is CCC(C)(CC)NC(=O)C1CCCC1CN. The monoisotopic (exact) mass is 226 g/mol. The van der Waals surface area contributed by atoms with Crippen LogP contribution in [0.25, 0.3) is 0 Å². The molecule has 0 bridgehead atoms. The maximum absolute atomic E-state index is 12.2. The molecule has 0 saturated heterocycles. The van der Waals surface area contributed by atoms with Crippen molar-refractivity contribution in [1.29, 1.82) is 0 Å². The minimum atomic E-state index is -0.0428. The molecular formula is C13H26N2O. The molecule has 16 heavy (non-hydrogen) atoms. The van der Waals surface area contributed by atoms with Gasteiger partial charge in [0.15, 0.2) is 0 Å². The van der Waals surface area contributed by atoms with E-state index in [9.17, 15) is 4.79 Å². The molecule has 2 unspecified atom stereocenters. The van der Waals surface area contributed by atoms with Gasteiger partial charge in [-0.15, -0.1) is 0 Å². The van der Waals surface area contributed by atoms with Crippen LogP contribution in [0.4, 0.5) is 0 Å². The molecular weight excluding hydrogens is 200 g/mol. The quantitative estimate of drug-likeness (QED) is 0.754. The van der Waals surface area contributed by atoms with Crippen molar-refractivity contribution >= 4 is 5.91 Å². The van der Waals surface area contributed by atoms with E-state index in [1.54, 1.807) is 0 Å². The minimum Gasteiger partial charge on any atom is -0.351 e. The molecule has 0 radical (unpaired) electrons. The topological polar surface area (TPSA) is 55.1 Å². The molecule has 2 atom stereocenters. The largest absolute Gasteiger partial charge is 0.351 e. The van der Waals surface area contributed by atoms with Crippen molar-refractivity contribution in [1.82, 2.24) is 5.32 Å². The van der Waals surface area contributed by atoms with Crippen LogP contribution in [0.3, 0.4) is 0 Å². The van der Waals surface area contributed by atoms with Gasteiger partial charge in [-0.25, -0.2) is 0 Å². The summed E-state index contributed by atoms with van der Waals surface area (Å²) in [6.45, 7) is 7.02. The zero-order valence-electron chi connectivity index (χ0n) is 10.9. The third-order valence-electron chi connectivity index (χ3n) is 4.28. The molecule has 0 heterocycles. The van der Waals surface area contributed by atoms with Crippen molar-refractivity contribution < 1.29 is 4.79 Å². The third-order valence-corrected chi connectivity index (χ3v) is 4.28. The fourth-order valence-electron chi connectivity index (χ4n) is 2.48. The highest BCUT2D eigenvalue weighted by Gasteiger charge is 2.34. The summed E-state index contributed by atoms with van der Waals surface area (Å²) in [6, 6.07) is 0. The van der Waals surface area contributed by atoms with E-state index >= 15 is 0 Å². The lowest BCUT2D eigenvalue weighted by atomic mass is 9.91. The van der Waals surface area contributed by atoms with Gasteiger partial charge in [-0.05, 0) is 45.1 Å². The van der Waals surface area contributed by atoms with Crippen molar-refractivity contribution in [3.05, 3.63) is 0 Å². The lowest BCUT2D eigenvalue weighted by molar-refractivity contribution is -0.127. The van der Waals surface area contributed by atoms with E-state index in [2.05, 4.69) is 26.1 Å². The van der Waals surface area contributed by atoms with E-state index in [-0.39, 0.29) is 17.4 Å². The fourth-order valence-corrected chi connectivity index (χ4v) is 2.48. The Balaban J connectivity index is 2.57. The van der Waals surface area contributed by atoms with E-state index < -0.39 is 0 Å². The summed E-state index contributed by atoms with van der Waals surface area (Å²) in [4.78, 5) is 12.2. The Morgan fingerprint density at radius 2 is 2.00 bits per heavy atom. The molecule has 3 N–H and O–H groups in total. The molecule has 3 nitrogen and oxygen atoms in total. The van der Waals surface area contributed by atoms with E-state index in [1.165, 1.54) is 0 Å². The molecule has 3 heteroatoms. The van der Waals surface area contributed by atoms with Gasteiger partial charge in [0.05, 0.1) is 0 Å². The Morgan fingerprint density at radius 3 is 2.50 bits per heavy atom. The van der Waals surface area contributed by atoms with Crippen LogP contribution in [0.1, 0.15) is 52.9 Å². The summed E-state index contributed by atoms with van der Waals surface area (Å²) in [5.41, 5.74) is 5.67. The molecule has 0 aromatic rings. The highest BCUT2D eigenvalue weighted by Crippen LogP contribution is 2.31. The lowest BCUT2D eigenvalue weighted by Crippen LogP contribution is -2.48. The number of hydrogen-bond acceptors (Lipinski definition) is 2. The highest BCUT2D eigenvalue weighted by atomic mass is 16.2. The number of nitrogens with two attached hydrogens (primary N) is 1. The average molecular weight is 226 g/mol. The summed E-state index contributed by atoms with van der Waals surface area (Å²) in [6.07, 6.45) is 5.24. The first kappa shape index (κ1) is 13.5. The molecule has 0 aromatic carbocycles. The number of nitrogens with one attached hydrogen (secondary N) is 1. The maximum atomic E-state index is 12.2. The van der Waals surface area contributed by atoms with Crippen molar-refractivity contribution in [2.75, 3.05) is 6.54 Å². The van der Waals surface area contributed by atoms with Crippen LogP contribution in [-0.2, 0) is 4.79 Å². The number of rotatable bonds is 5. The number of hydrogen-bond donors (Lipinski definition) is 2. The van der Waals surface area contributed by atoms with Crippen LogP contribution in [0, 0.1) is 11.8 Å². The maximum Gasteiger partial charge on any atom is 0.223 e. The standard InChI is InChI=1S/C13H26N2O/c1-4-13(3,5-2)15-12(16)11-8-6-7-10(11)9-14/h10-11H,4-9,14H2,1-3H3,(H,15,16). The number of amides is 1. The van der Waals surface area contributed by atoms with Crippen molar-refractivity contribution in [3.8, 4) is 0 Å². The Kier molecular flexibility index (Phi) is 4.78. The fraction of sp³-hybridized carbons (Fsp3) is 0.923. The van der Waals surface area contributed by atoms with E-state index in [0.29, 0.717) is 12.5 Å². The van der Waals surface area contributed by atoms with Crippen LogP contribution in [0.5, 0.6) is 0 Å². The van der Waals surface area contributed by atoms with Gasteiger partial charge in [0.25, 0.3) is 0 Å². The average Bonchev–Trinajstić information content (AvgIpc) is 2.76. The Labute approximate surface area is 99.2 Å². The first-order valence-electron chi connectivity index (χ1n) is 6.58. The third kappa shape index (κ3) is 2.97. The zero-order valence-corrected chi connectivity index (χ0v) is 10.9. The summed E-state index contributed by atoms with van der Waals surface area (Å²) >= 11 is 0. The van der Waals surface area contributed by atoms with Gasteiger partial charge in [-0.1, -0.05) is 20.3 Å². The molecule has 1 fully saturated rings. The van der Waals surface area contributed by atoms with E-state index in [0.717, 1.165) is 32.1 Å². The smallest absolute Gasteiger partial charge is 0.223 e. The summed E-state index contributed by atoms with van der Waals surface area (Å²) < 4.78 is 0. The van der Waals surface area contributed by atoms with E-state index in [1.807, 2.05) is 0 Å². The molecule has 1 aliphatic rings. The molecule has 0 aliphatic heterocycles. The molecule has 0 spiro atoms. The minimum absolute atomic E-state index is 0.0428. The van der Waals surface area contributed by atoms with E-state index in [4.69, 9.17) is 5.73 Å². The van der Waals surface area contributed by atoms with Crippen LogP contribution in [0.2, 0.25) is 0 Å². The van der Waals surface area contributed by atoms with Gasteiger partial charge >= 0.3 is 0 Å². The molecule has 1 saturated carbocycles. The van der Waals surface area contributed by atoms with Crippen molar-refractivity contribution in [3.63, 3.8) is 0 Å². The van der Waals surface area contributed by atoms with Gasteiger partial charge in [0, 0.05) is 11.5 Å². The first-order valence-corrected chi connectivity index (χ1v) is 6.58. The summed E-state index contributed by atoms with van der Waals surface area (Å²) in [7, 11) is 0. The second-order valence-electron chi connectivity index (χ2n) is 5.29. The second-order valence-corrected chi connectivity index (χ2v) is 5.29. The zero-order chi connectivity index (χ0) is 12.2. The molecule has 1 rings (SSSR count). The summed E-state index contributed by atoms with van der Waals surface area (Å²) in [5, 5.41) is 3.20. The predicted molar refractivity (Wildman–Crippen MR) is 67.0 cm³/mol. The Hall–Kier alpha value is -0.570. The van der Waals surface area contributed by atoms with Crippen LogP contribution >= 0.6 is 0 Å².